The molecule has 1 N–H and O–H groups in total. The highest BCUT2D eigenvalue weighted by Crippen LogP contribution is 2.17. The molecule has 0 spiro atoms. The molecule has 6 heteroatoms. The molecule has 3 rings (SSSR count). The number of ether oxygens (including phenoxy) is 1. The second-order valence-corrected chi connectivity index (χ2v) is 5.73. The van der Waals surface area contributed by atoms with Crippen LogP contribution in [0.25, 0.3) is 0 Å². The number of aromatic nitrogens is 2. The average Bonchev–Trinajstić information content (AvgIpc) is 2.64. The average molecular weight is 326 g/mol. The molecule has 0 unspecified atom stereocenters. The number of hydrogen-bond acceptors (Lipinski definition) is 5. The van der Waals surface area contributed by atoms with Gasteiger partial charge in [-0.05, 0) is 50.5 Å². The summed E-state index contributed by atoms with van der Waals surface area (Å²) in [6.07, 6.45) is 6.77. The van der Waals surface area contributed by atoms with Crippen LogP contribution in [0.5, 0.6) is 5.75 Å². The monoisotopic (exact) mass is 326 g/mol. The maximum atomic E-state index is 12.3. The summed E-state index contributed by atoms with van der Waals surface area (Å²) < 4.78 is 5.38. The number of piperidine rings is 1. The normalized spacial score (nSPS) is 14.3. The van der Waals surface area contributed by atoms with Gasteiger partial charge in [0.1, 0.15) is 5.75 Å². The summed E-state index contributed by atoms with van der Waals surface area (Å²) in [6, 6.07) is 7.28. The van der Waals surface area contributed by atoms with Crippen molar-refractivity contribution < 1.29 is 9.53 Å². The first-order valence-electron chi connectivity index (χ1n) is 8.37. The fourth-order valence-electron chi connectivity index (χ4n) is 2.70. The quantitative estimate of drug-likeness (QED) is 0.914. The van der Waals surface area contributed by atoms with Gasteiger partial charge in [-0.1, -0.05) is 0 Å². The fraction of sp³-hybridized carbons (Fsp3) is 0.389. The van der Waals surface area contributed by atoms with Crippen molar-refractivity contribution in [3.63, 3.8) is 0 Å². The minimum Gasteiger partial charge on any atom is -0.494 e. The zero-order valence-corrected chi connectivity index (χ0v) is 13.9. The third-order valence-corrected chi connectivity index (χ3v) is 3.96. The first kappa shape index (κ1) is 16.2. The Hall–Kier alpha value is -2.63. The SMILES string of the molecule is CCOc1ccc(NC(=O)c2cnc(N3CCCCC3)nc2)cc1. The Labute approximate surface area is 141 Å². The largest absolute Gasteiger partial charge is 0.494 e. The van der Waals surface area contributed by atoms with Gasteiger partial charge >= 0.3 is 0 Å². The Morgan fingerprint density at radius 3 is 2.42 bits per heavy atom. The van der Waals surface area contributed by atoms with Gasteiger partial charge in [-0.3, -0.25) is 4.79 Å². The number of carbonyl (C=O) groups is 1. The lowest BCUT2D eigenvalue weighted by Gasteiger charge is -2.26. The standard InChI is InChI=1S/C18H22N4O2/c1-2-24-16-8-6-15(7-9-16)21-17(23)14-12-19-18(20-13-14)22-10-4-3-5-11-22/h6-9,12-13H,2-5,10-11H2,1H3,(H,21,23). The van der Waals surface area contributed by atoms with E-state index in [0.717, 1.165) is 18.8 Å². The molecule has 0 aliphatic carbocycles. The number of amides is 1. The van der Waals surface area contributed by atoms with E-state index in [2.05, 4.69) is 20.2 Å². The maximum absolute atomic E-state index is 12.3. The highest BCUT2D eigenvalue weighted by atomic mass is 16.5. The van der Waals surface area contributed by atoms with Crippen LogP contribution in [0.3, 0.4) is 0 Å². The molecule has 6 nitrogen and oxygen atoms in total. The lowest BCUT2D eigenvalue weighted by Crippen LogP contribution is -2.31. The zero-order chi connectivity index (χ0) is 16.8. The highest BCUT2D eigenvalue weighted by molar-refractivity contribution is 6.03. The van der Waals surface area contributed by atoms with Crippen LogP contribution in [0.2, 0.25) is 0 Å². The van der Waals surface area contributed by atoms with E-state index in [1.165, 1.54) is 19.3 Å². The molecule has 0 atom stereocenters. The number of anilines is 2. The van der Waals surface area contributed by atoms with Gasteiger partial charge in [0.25, 0.3) is 5.91 Å². The number of benzene rings is 1. The Morgan fingerprint density at radius 2 is 1.79 bits per heavy atom. The van der Waals surface area contributed by atoms with Crippen molar-refractivity contribution in [1.29, 1.82) is 0 Å². The van der Waals surface area contributed by atoms with Gasteiger partial charge in [-0.15, -0.1) is 0 Å². The molecule has 0 saturated carbocycles. The number of carbonyl (C=O) groups excluding carboxylic acids is 1. The number of nitrogens with zero attached hydrogens (tertiary/aromatic N) is 3. The van der Waals surface area contributed by atoms with Crippen LogP contribution in [-0.4, -0.2) is 35.6 Å². The maximum Gasteiger partial charge on any atom is 0.258 e. The zero-order valence-electron chi connectivity index (χ0n) is 13.9. The molecule has 1 aliphatic heterocycles. The minimum absolute atomic E-state index is 0.218. The van der Waals surface area contributed by atoms with Gasteiger partial charge in [-0.2, -0.15) is 0 Å². The summed E-state index contributed by atoms with van der Waals surface area (Å²) in [7, 11) is 0. The molecular formula is C18H22N4O2. The fourth-order valence-corrected chi connectivity index (χ4v) is 2.70. The lowest BCUT2D eigenvalue weighted by atomic mass is 10.1. The Morgan fingerprint density at radius 1 is 1.12 bits per heavy atom. The van der Waals surface area contributed by atoms with Gasteiger partial charge in [0.2, 0.25) is 5.95 Å². The third kappa shape index (κ3) is 4.01. The van der Waals surface area contributed by atoms with Crippen molar-refractivity contribution in [3.8, 4) is 5.75 Å². The molecule has 1 saturated heterocycles. The summed E-state index contributed by atoms with van der Waals surface area (Å²) in [5.41, 5.74) is 1.16. The molecule has 1 fully saturated rings. The Kier molecular flexibility index (Phi) is 5.25. The molecule has 1 aromatic heterocycles. The first-order chi connectivity index (χ1) is 11.8. The van der Waals surface area contributed by atoms with E-state index >= 15 is 0 Å². The van der Waals surface area contributed by atoms with Gasteiger partial charge in [-0.25, -0.2) is 9.97 Å². The lowest BCUT2D eigenvalue weighted by molar-refractivity contribution is 0.102. The van der Waals surface area contributed by atoms with E-state index in [1.54, 1.807) is 12.4 Å². The van der Waals surface area contributed by atoms with E-state index in [0.29, 0.717) is 23.8 Å². The van der Waals surface area contributed by atoms with Crippen LogP contribution < -0.4 is 15.0 Å². The predicted octanol–water partition coefficient (Wildman–Crippen LogP) is 3.12. The van der Waals surface area contributed by atoms with Crippen molar-refractivity contribution in [2.24, 2.45) is 0 Å². The smallest absolute Gasteiger partial charge is 0.258 e. The van der Waals surface area contributed by atoms with Gasteiger partial charge in [0.05, 0.1) is 12.2 Å². The van der Waals surface area contributed by atoms with Gasteiger partial charge < -0.3 is 15.0 Å². The molecule has 0 bridgehead atoms. The van der Waals surface area contributed by atoms with Crippen LogP contribution in [-0.2, 0) is 0 Å². The molecule has 1 aliphatic rings. The second-order valence-electron chi connectivity index (χ2n) is 5.73. The van der Waals surface area contributed by atoms with Crippen LogP contribution in [0.1, 0.15) is 36.5 Å². The predicted molar refractivity (Wildman–Crippen MR) is 93.7 cm³/mol. The highest BCUT2D eigenvalue weighted by Gasteiger charge is 2.14. The first-order valence-corrected chi connectivity index (χ1v) is 8.37. The molecule has 2 heterocycles. The van der Waals surface area contributed by atoms with Crippen LogP contribution in [0, 0.1) is 0 Å². The Balaban J connectivity index is 1.62. The molecule has 2 aromatic rings. The summed E-state index contributed by atoms with van der Waals surface area (Å²) >= 11 is 0. The summed E-state index contributed by atoms with van der Waals surface area (Å²) in [4.78, 5) is 23.1. The molecule has 1 aromatic carbocycles. The Bertz CT molecular complexity index is 664. The number of rotatable bonds is 5. The van der Waals surface area contributed by atoms with Crippen molar-refractivity contribution in [3.05, 3.63) is 42.2 Å². The molecule has 1 amide bonds. The van der Waals surface area contributed by atoms with Crippen molar-refractivity contribution in [1.82, 2.24) is 9.97 Å². The van der Waals surface area contributed by atoms with Crippen molar-refractivity contribution in [2.45, 2.75) is 26.2 Å². The van der Waals surface area contributed by atoms with Crippen LogP contribution in [0.4, 0.5) is 11.6 Å². The van der Waals surface area contributed by atoms with Crippen molar-refractivity contribution >= 4 is 17.5 Å². The van der Waals surface area contributed by atoms with E-state index in [1.807, 2.05) is 31.2 Å². The van der Waals surface area contributed by atoms with Gasteiger partial charge in [0.15, 0.2) is 0 Å². The van der Waals surface area contributed by atoms with Crippen LogP contribution >= 0.6 is 0 Å². The molecular weight excluding hydrogens is 304 g/mol. The minimum atomic E-state index is -0.218. The second kappa shape index (κ2) is 7.77. The number of nitrogens with one attached hydrogen (secondary N) is 1. The van der Waals surface area contributed by atoms with Crippen molar-refractivity contribution in [2.75, 3.05) is 29.9 Å². The van der Waals surface area contributed by atoms with E-state index in [4.69, 9.17) is 4.74 Å². The van der Waals surface area contributed by atoms with E-state index < -0.39 is 0 Å². The topological polar surface area (TPSA) is 67.3 Å². The van der Waals surface area contributed by atoms with E-state index in [-0.39, 0.29) is 5.91 Å². The molecule has 126 valence electrons. The molecule has 24 heavy (non-hydrogen) atoms. The summed E-state index contributed by atoms with van der Waals surface area (Å²) in [5, 5.41) is 2.84. The molecule has 0 radical (unpaired) electrons. The van der Waals surface area contributed by atoms with Crippen LogP contribution in [0.15, 0.2) is 36.7 Å². The summed E-state index contributed by atoms with van der Waals surface area (Å²) in [5.74, 6) is 1.27. The third-order valence-electron chi connectivity index (χ3n) is 3.96. The van der Waals surface area contributed by atoms with Gasteiger partial charge in [0, 0.05) is 31.2 Å². The summed E-state index contributed by atoms with van der Waals surface area (Å²) in [6.45, 7) is 4.52. The number of hydrogen-bond donors (Lipinski definition) is 1. The van der Waals surface area contributed by atoms with E-state index in [9.17, 15) is 4.79 Å².